The van der Waals surface area contributed by atoms with Crippen LogP contribution in [0, 0.1) is 0 Å². The van der Waals surface area contributed by atoms with Gasteiger partial charge in [-0.2, -0.15) is 0 Å². The number of amides is 1. The van der Waals surface area contributed by atoms with E-state index in [-0.39, 0.29) is 23.2 Å². The lowest BCUT2D eigenvalue weighted by Gasteiger charge is -2.23. The fraction of sp³-hybridized carbons (Fsp3) is 0.389. The van der Waals surface area contributed by atoms with E-state index in [0.29, 0.717) is 30.3 Å². The molecule has 0 bridgehead atoms. The van der Waals surface area contributed by atoms with Gasteiger partial charge in [-0.25, -0.2) is 8.42 Å². The summed E-state index contributed by atoms with van der Waals surface area (Å²) in [6, 6.07) is 10.3. The van der Waals surface area contributed by atoms with Gasteiger partial charge in [0.05, 0.1) is 23.8 Å². The van der Waals surface area contributed by atoms with Gasteiger partial charge in [-0.05, 0) is 37.6 Å². The van der Waals surface area contributed by atoms with E-state index in [0.717, 1.165) is 0 Å². The molecule has 1 atom stereocenters. The van der Waals surface area contributed by atoms with E-state index in [2.05, 4.69) is 15.5 Å². The maximum absolute atomic E-state index is 12.4. The van der Waals surface area contributed by atoms with Crippen molar-refractivity contribution in [3.05, 3.63) is 42.1 Å². The van der Waals surface area contributed by atoms with Crippen LogP contribution in [0.3, 0.4) is 0 Å². The molecule has 1 aromatic carbocycles. The Morgan fingerprint density at radius 2 is 2.04 bits per heavy atom. The Hall–Kier alpha value is -2.68. The third-order valence-corrected chi connectivity index (χ3v) is 6.19. The van der Waals surface area contributed by atoms with Crippen molar-refractivity contribution in [2.24, 2.45) is 0 Å². The molecule has 1 amide bonds. The summed E-state index contributed by atoms with van der Waals surface area (Å²) >= 11 is 0. The summed E-state index contributed by atoms with van der Waals surface area (Å²) in [5.41, 5.74) is 0.723. The molecule has 1 unspecified atom stereocenters. The minimum absolute atomic E-state index is 0.113. The van der Waals surface area contributed by atoms with Crippen molar-refractivity contribution in [3.63, 3.8) is 0 Å². The van der Waals surface area contributed by atoms with Crippen LogP contribution >= 0.6 is 0 Å². The first-order valence-electron chi connectivity index (χ1n) is 8.70. The van der Waals surface area contributed by atoms with E-state index in [4.69, 9.17) is 4.74 Å². The van der Waals surface area contributed by atoms with Gasteiger partial charge >= 0.3 is 0 Å². The van der Waals surface area contributed by atoms with Gasteiger partial charge < -0.3 is 15.0 Å². The van der Waals surface area contributed by atoms with Crippen molar-refractivity contribution in [1.29, 1.82) is 0 Å². The van der Waals surface area contributed by atoms with E-state index in [1.807, 2.05) is 13.0 Å². The lowest BCUT2D eigenvalue weighted by molar-refractivity contribution is 0.102. The minimum Gasteiger partial charge on any atom is -0.492 e. The zero-order valence-corrected chi connectivity index (χ0v) is 16.1. The number of carbonyl (C=O) groups excluding carboxylic acids is 1. The van der Waals surface area contributed by atoms with Crippen molar-refractivity contribution in [3.8, 4) is 5.75 Å². The van der Waals surface area contributed by atoms with E-state index in [1.165, 1.54) is 0 Å². The molecule has 8 nitrogen and oxygen atoms in total. The number of hydrogen-bond acceptors (Lipinski definition) is 7. The quantitative estimate of drug-likeness (QED) is 0.802. The van der Waals surface area contributed by atoms with Gasteiger partial charge in [0.1, 0.15) is 5.75 Å². The van der Waals surface area contributed by atoms with Crippen LogP contribution in [-0.4, -0.2) is 55.7 Å². The number of rotatable bonds is 6. The third-order valence-electron chi connectivity index (χ3n) is 4.44. The fourth-order valence-corrected chi connectivity index (χ4v) is 4.71. The zero-order valence-electron chi connectivity index (χ0n) is 15.3. The highest BCUT2D eigenvalue weighted by molar-refractivity contribution is 7.91. The molecule has 0 radical (unpaired) electrons. The topological polar surface area (TPSA) is 101 Å². The Labute approximate surface area is 158 Å². The number of sulfone groups is 1. The zero-order chi connectivity index (χ0) is 19.4. The molecule has 144 valence electrons. The molecule has 1 fully saturated rings. The number of ether oxygens (including phenoxy) is 1. The SMILES string of the molecule is CCOc1ccccc1NC(=O)c1ccc(N(C)C2CCS(=O)(=O)C2)nn1. The molecule has 1 aromatic heterocycles. The molecule has 2 heterocycles. The van der Waals surface area contributed by atoms with Gasteiger partial charge in [-0.1, -0.05) is 12.1 Å². The molecule has 1 aliphatic heterocycles. The van der Waals surface area contributed by atoms with E-state index < -0.39 is 15.7 Å². The number of benzene rings is 1. The summed E-state index contributed by atoms with van der Waals surface area (Å²) in [6.45, 7) is 2.36. The Morgan fingerprint density at radius 1 is 1.26 bits per heavy atom. The number of aromatic nitrogens is 2. The molecule has 27 heavy (non-hydrogen) atoms. The second kappa shape index (κ2) is 7.91. The lowest BCUT2D eigenvalue weighted by Crippen LogP contribution is -2.33. The predicted molar refractivity (Wildman–Crippen MR) is 103 cm³/mol. The summed E-state index contributed by atoms with van der Waals surface area (Å²) in [7, 11) is -1.19. The molecule has 0 spiro atoms. The molecule has 3 rings (SSSR count). The lowest BCUT2D eigenvalue weighted by atomic mass is 10.2. The summed E-state index contributed by atoms with van der Waals surface area (Å²) in [6.07, 6.45) is 0.566. The molecular weight excluding hydrogens is 368 g/mol. The Bertz CT molecular complexity index is 915. The number of hydrogen-bond donors (Lipinski definition) is 1. The fourth-order valence-electron chi connectivity index (χ4n) is 2.94. The maximum atomic E-state index is 12.4. The van der Waals surface area contributed by atoms with Gasteiger partial charge in [0.15, 0.2) is 21.3 Å². The maximum Gasteiger partial charge on any atom is 0.276 e. The molecule has 1 saturated heterocycles. The number of nitrogens with one attached hydrogen (secondary N) is 1. The average molecular weight is 390 g/mol. The summed E-state index contributed by atoms with van der Waals surface area (Å²) in [5.74, 6) is 1.02. The van der Waals surface area contributed by atoms with Crippen molar-refractivity contribution in [1.82, 2.24) is 10.2 Å². The average Bonchev–Trinajstić information content (AvgIpc) is 3.03. The highest BCUT2D eigenvalue weighted by Gasteiger charge is 2.31. The molecular formula is C18H22N4O4S. The van der Waals surface area contributed by atoms with Crippen LogP contribution in [0.25, 0.3) is 0 Å². The first-order chi connectivity index (χ1) is 12.9. The Kier molecular flexibility index (Phi) is 5.59. The minimum atomic E-state index is -2.98. The number of para-hydroxylation sites is 2. The summed E-state index contributed by atoms with van der Waals surface area (Å²) in [5, 5.41) is 10.8. The highest BCUT2D eigenvalue weighted by atomic mass is 32.2. The van der Waals surface area contributed by atoms with Gasteiger partial charge in [0, 0.05) is 13.1 Å². The van der Waals surface area contributed by atoms with Gasteiger partial charge in [0.2, 0.25) is 0 Å². The molecule has 2 aromatic rings. The largest absolute Gasteiger partial charge is 0.492 e. The van der Waals surface area contributed by atoms with E-state index in [1.54, 1.807) is 42.3 Å². The highest BCUT2D eigenvalue weighted by Crippen LogP contribution is 2.24. The second-order valence-electron chi connectivity index (χ2n) is 6.33. The normalized spacial score (nSPS) is 18.1. The van der Waals surface area contributed by atoms with Crippen LogP contribution in [0.1, 0.15) is 23.8 Å². The predicted octanol–water partition coefficient (Wildman–Crippen LogP) is 1.75. The molecule has 1 N–H and O–H groups in total. The third kappa shape index (κ3) is 4.54. The van der Waals surface area contributed by atoms with Crippen molar-refractivity contribution in [2.45, 2.75) is 19.4 Å². The molecule has 9 heteroatoms. The summed E-state index contributed by atoms with van der Waals surface area (Å²) < 4.78 is 28.8. The van der Waals surface area contributed by atoms with Crippen LogP contribution in [0.4, 0.5) is 11.5 Å². The summed E-state index contributed by atoms with van der Waals surface area (Å²) in [4.78, 5) is 14.2. The second-order valence-corrected chi connectivity index (χ2v) is 8.56. The van der Waals surface area contributed by atoms with Gasteiger partial charge in [0.25, 0.3) is 5.91 Å². The number of nitrogens with zero attached hydrogens (tertiary/aromatic N) is 3. The van der Waals surface area contributed by atoms with Crippen LogP contribution in [0.15, 0.2) is 36.4 Å². The van der Waals surface area contributed by atoms with Crippen LogP contribution in [0.5, 0.6) is 5.75 Å². The molecule has 1 aliphatic rings. The number of carbonyl (C=O) groups is 1. The van der Waals surface area contributed by atoms with Gasteiger partial charge in [-0.15, -0.1) is 10.2 Å². The van der Waals surface area contributed by atoms with Crippen LogP contribution in [0.2, 0.25) is 0 Å². The molecule has 0 aliphatic carbocycles. The van der Waals surface area contributed by atoms with Crippen molar-refractivity contribution < 1.29 is 17.9 Å². The molecule has 0 saturated carbocycles. The van der Waals surface area contributed by atoms with Gasteiger partial charge in [-0.3, -0.25) is 4.79 Å². The first-order valence-corrected chi connectivity index (χ1v) is 10.5. The van der Waals surface area contributed by atoms with Crippen LogP contribution < -0.4 is 15.0 Å². The van der Waals surface area contributed by atoms with Crippen LogP contribution in [-0.2, 0) is 9.84 Å². The van der Waals surface area contributed by atoms with E-state index >= 15 is 0 Å². The van der Waals surface area contributed by atoms with Crippen molar-refractivity contribution in [2.75, 3.05) is 35.4 Å². The van der Waals surface area contributed by atoms with Crippen molar-refractivity contribution >= 4 is 27.2 Å². The van der Waals surface area contributed by atoms with E-state index in [9.17, 15) is 13.2 Å². The Morgan fingerprint density at radius 3 is 2.67 bits per heavy atom. The number of anilines is 2. The standard InChI is InChI=1S/C18H22N4O4S/c1-3-26-16-7-5-4-6-14(16)19-18(23)15-8-9-17(21-20-15)22(2)13-10-11-27(24,25)12-13/h4-9,13H,3,10-12H2,1-2H3,(H,19,23). The monoisotopic (exact) mass is 390 g/mol. The Balaban J connectivity index is 1.69. The first kappa shape index (κ1) is 19.1. The smallest absolute Gasteiger partial charge is 0.276 e.